The van der Waals surface area contributed by atoms with Crippen molar-refractivity contribution in [2.45, 2.75) is 45.6 Å². The molecule has 3 aromatic heterocycles. The number of nitrogens with two attached hydrogens (primary N) is 1. The minimum absolute atomic E-state index is 0.126. The fourth-order valence-corrected chi connectivity index (χ4v) is 3.19. The van der Waals surface area contributed by atoms with Gasteiger partial charge in [-0.1, -0.05) is 13.8 Å². The lowest BCUT2D eigenvalue weighted by molar-refractivity contribution is 0.557. The van der Waals surface area contributed by atoms with Crippen molar-refractivity contribution >= 4 is 16.6 Å². The molecule has 28 heavy (non-hydrogen) atoms. The monoisotopic (exact) mass is 375 g/mol. The highest BCUT2D eigenvalue weighted by Gasteiger charge is 2.20. The molecule has 0 atom stereocenters. The van der Waals surface area contributed by atoms with E-state index in [1.807, 2.05) is 53.2 Å². The molecular weight excluding hydrogens is 350 g/mol. The summed E-state index contributed by atoms with van der Waals surface area (Å²) < 4.78 is 0. The van der Waals surface area contributed by atoms with Crippen LogP contribution in [-0.2, 0) is 12.0 Å². The van der Waals surface area contributed by atoms with Crippen LogP contribution in [0.4, 0.5) is 5.82 Å². The summed E-state index contributed by atoms with van der Waals surface area (Å²) in [6.45, 7) is 7.93. The number of nitriles is 1. The van der Waals surface area contributed by atoms with Gasteiger partial charge in [-0.05, 0) is 36.8 Å². The molecule has 0 fully saturated rings. The molecular formula is C21H25N7. The van der Waals surface area contributed by atoms with Gasteiger partial charge < -0.3 is 11.1 Å². The van der Waals surface area contributed by atoms with Gasteiger partial charge in [0.05, 0.1) is 17.6 Å². The van der Waals surface area contributed by atoms with E-state index in [9.17, 15) is 5.26 Å². The van der Waals surface area contributed by atoms with Crippen LogP contribution in [0.1, 0.15) is 62.0 Å². The molecule has 0 spiro atoms. The molecule has 0 amide bonds. The smallest absolute Gasteiger partial charge is 0.162 e. The van der Waals surface area contributed by atoms with Crippen LogP contribution in [0.5, 0.6) is 0 Å². The molecule has 7 heteroatoms. The topological polar surface area (TPSA) is 113 Å². The Kier molecular flexibility index (Phi) is 5.25. The molecule has 3 rings (SSSR count). The zero-order valence-corrected chi connectivity index (χ0v) is 16.9. The van der Waals surface area contributed by atoms with Crippen LogP contribution in [0, 0.1) is 11.3 Å². The van der Waals surface area contributed by atoms with Crippen molar-refractivity contribution < 1.29 is 0 Å². The molecule has 3 aromatic rings. The van der Waals surface area contributed by atoms with E-state index in [4.69, 9.17) is 5.73 Å². The SMILES string of the molecule is CNc1ncc(C(C)(C)N)c2cc(Cc3cnc(C#N)c(C(C)C)n3)ncc12. The van der Waals surface area contributed by atoms with Crippen LogP contribution in [0.2, 0.25) is 0 Å². The van der Waals surface area contributed by atoms with E-state index < -0.39 is 5.54 Å². The summed E-state index contributed by atoms with van der Waals surface area (Å²) in [7, 11) is 1.84. The van der Waals surface area contributed by atoms with E-state index in [0.29, 0.717) is 17.8 Å². The maximum Gasteiger partial charge on any atom is 0.162 e. The van der Waals surface area contributed by atoms with Crippen LogP contribution in [0.25, 0.3) is 10.8 Å². The molecule has 3 N–H and O–H groups in total. The summed E-state index contributed by atoms with van der Waals surface area (Å²) in [4.78, 5) is 18.0. The van der Waals surface area contributed by atoms with Crippen molar-refractivity contribution in [1.29, 1.82) is 5.26 Å². The third kappa shape index (κ3) is 3.78. The summed E-state index contributed by atoms with van der Waals surface area (Å²) in [5, 5.41) is 14.3. The second-order valence-electron chi connectivity index (χ2n) is 7.75. The Morgan fingerprint density at radius 2 is 1.86 bits per heavy atom. The largest absolute Gasteiger partial charge is 0.373 e. The first-order chi connectivity index (χ1) is 13.2. The predicted molar refractivity (Wildman–Crippen MR) is 110 cm³/mol. The number of nitrogens with zero attached hydrogens (tertiary/aromatic N) is 5. The number of hydrogen-bond acceptors (Lipinski definition) is 7. The Hall–Kier alpha value is -3.11. The highest BCUT2D eigenvalue weighted by molar-refractivity contribution is 5.94. The van der Waals surface area contributed by atoms with Crippen LogP contribution in [-0.4, -0.2) is 27.0 Å². The fourth-order valence-electron chi connectivity index (χ4n) is 3.19. The van der Waals surface area contributed by atoms with Crippen LogP contribution in [0.15, 0.2) is 24.7 Å². The quantitative estimate of drug-likeness (QED) is 0.703. The average molecular weight is 375 g/mol. The van der Waals surface area contributed by atoms with Gasteiger partial charge in [0, 0.05) is 42.5 Å². The maximum absolute atomic E-state index is 9.23. The lowest BCUT2D eigenvalue weighted by atomic mass is 9.92. The maximum atomic E-state index is 9.23. The van der Waals surface area contributed by atoms with Gasteiger partial charge in [0.2, 0.25) is 0 Å². The number of anilines is 1. The molecule has 0 bridgehead atoms. The van der Waals surface area contributed by atoms with E-state index in [2.05, 4.69) is 31.3 Å². The molecule has 0 saturated carbocycles. The normalized spacial score (nSPS) is 11.6. The Labute approximate surface area is 165 Å². The van der Waals surface area contributed by atoms with Crippen LogP contribution in [0.3, 0.4) is 0 Å². The second kappa shape index (κ2) is 7.49. The fraction of sp³-hybridized carbons (Fsp3) is 0.381. The van der Waals surface area contributed by atoms with E-state index in [-0.39, 0.29) is 5.92 Å². The Morgan fingerprint density at radius 1 is 1.11 bits per heavy atom. The van der Waals surface area contributed by atoms with Crippen molar-refractivity contribution in [3.05, 3.63) is 53.0 Å². The summed E-state index contributed by atoms with van der Waals surface area (Å²) in [6, 6.07) is 4.15. The van der Waals surface area contributed by atoms with Crippen molar-refractivity contribution in [1.82, 2.24) is 19.9 Å². The molecule has 0 aliphatic rings. The van der Waals surface area contributed by atoms with Gasteiger partial charge in [0.1, 0.15) is 11.9 Å². The lowest BCUT2D eigenvalue weighted by Crippen LogP contribution is -2.29. The minimum atomic E-state index is -0.533. The number of pyridine rings is 2. The van der Waals surface area contributed by atoms with E-state index in [0.717, 1.165) is 33.5 Å². The lowest BCUT2D eigenvalue weighted by Gasteiger charge is -2.22. The molecule has 0 radical (unpaired) electrons. The van der Waals surface area contributed by atoms with Gasteiger partial charge in [-0.2, -0.15) is 5.26 Å². The number of rotatable bonds is 5. The number of hydrogen-bond donors (Lipinski definition) is 2. The van der Waals surface area contributed by atoms with Gasteiger partial charge in [-0.3, -0.25) is 9.97 Å². The van der Waals surface area contributed by atoms with Gasteiger partial charge in [-0.25, -0.2) is 9.97 Å². The van der Waals surface area contributed by atoms with Crippen molar-refractivity contribution in [3.8, 4) is 6.07 Å². The third-order valence-corrected chi connectivity index (χ3v) is 4.62. The van der Waals surface area contributed by atoms with Gasteiger partial charge in [0.25, 0.3) is 0 Å². The third-order valence-electron chi connectivity index (χ3n) is 4.62. The summed E-state index contributed by atoms with van der Waals surface area (Å²) >= 11 is 0. The molecule has 0 aliphatic carbocycles. The van der Waals surface area contributed by atoms with E-state index in [1.165, 1.54) is 0 Å². The molecule has 144 valence electrons. The van der Waals surface area contributed by atoms with Gasteiger partial charge in [0.15, 0.2) is 5.69 Å². The summed E-state index contributed by atoms with van der Waals surface area (Å²) in [5.41, 5.74) is 9.53. The molecule has 7 nitrogen and oxygen atoms in total. The van der Waals surface area contributed by atoms with E-state index in [1.54, 1.807) is 6.20 Å². The first kappa shape index (κ1) is 19.6. The molecule has 0 saturated heterocycles. The van der Waals surface area contributed by atoms with Crippen LogP contribution < -0.4 is 11.1 Å². The molecule has 0 aliphatic heterocycles. The summed E-state index contributed by atoms with van der Waals surface area (Å²) in [6.07, 6.45) is 5.81. The number of fused-ring (bicyclic) bond motifs is 1. The molecule has 0 aromatic carbocycles. The first-order valence-electron chi connectivity index (χ1n) is 9.25. The highest BCUT2D eigenvalue weighted by Crippen LogP contribution is 2.30. The van der Waals surface area contributed by atoms with Crippen molar-refractivity contribution in [3.63, 3.8) is 0 Å². The average Bonchev–Trinajstić information content (AvgIpc) is 2.66. The van der Waals surface area contributed by atoms with Crippen molar-refractivity contribution in [2.24, 2.45) is 5.73 Å². The van der Waals surface area contributed by atoms with Crippen molar-refractivity contribution in [2.75, 3.05) is 12.4 Å². The number of nitrogens with one attached hydrogen (secondary N) is 1. The zero-order chi connectivity index (χ0) is 20.5. The van der Waals surface area contributed by atoms with Gasteiger partial charge >= 0.3 is 0 Å². The standard InChI is InChI=1S/C21H25N7/c1-12(2)19-18(8-22)26-9-14(28-19)6-13-7-15-16(10-25-13)20(24-5)27-11-17(15)21(3,4)23/h7,9-12H,6,23H2,1-5H3,(H,24,27). The molecule has 3 heterocycles. The summed E-state index contributed by atoms with van der Waals surface area (Å²) in [5.74, 6) is 0.892. The second-order valence-corrected chi connectivity index (χ2v) is 7.75. The number of aromatic nitrogens is 4. The Bertz CT molecular complexity index is 1060. The van der Waals surface area contributed by atoms with Gasteiger partial charge in [-0.15, -0.1) is 0 Å². The predicted octanol–water partition coefficient (Wildman–Crippen LogP) is 3.24. The molecule has 0 unspecified atom stereocenters. The van der Waals surface area contributed by atoms with E-state index >= 15 is 0 Å². The van der Waals surface area contributed by atoms with Crippen LogP contribution >= 0.6 is 0 Å². The minimum Gasteiger partial charge on any atom is -0.373 e. The zero-order valence-electron chi connectivity index (χ0n) is 16.9. The highest BCUT2D eigenvalue weighted by atomic mass is 15.0. The first-order valence-corrected chi connectivity index (χ1v) is 9.25. The Balaban J connectivity index is 2.08. The Morgan fingerprint density at radius 3 is 2.46 bits per heavy atom.